The molecule has 1 unspecified atom stereocenters. The Morgan fingerprint density at radius 3 is 2.52 bits per heavy atom. The Balaban J connectivity index is 1.63. The Morgan fingerprint density at radius 1 is 1.12 bits per heavy atom. The van der Waals surface area contributed by atoms with Crippen molar-refractivity contribution in [3.05, 3.63) is 23.8 Å². The third-order valence-corrected chi connectivity index (χ3v) is 3.98. The molecule has 0 saturated carbocycles. The zero-order chi connectivity index (χ0) is 18.3. The van der Waals surface area contributed by atoms with Crippen molar-refractivity contribution in [2.24, 2.45) is 0 Å². The van der Waals surface area contributed by atoms with Crippen LogP contribution < -0.4 is 4.74 Å². The molecule has 1 heterocycles. The highest BCUT2D eigenvalue weighted by molar-refractivity contribution is 7.80. The van der Waals surface area contributed by atoms with Crippen molar-refractivity contribution in [1.82, 2.24) is 0 Å². The molecular weight excluding hydrogens is 356 g/mol. The number of hydrogen-bond acceptors (Lipinski definition) is 8. The van der Waals surface area contributed by atoms with Gasteiger partial charge in [-0.2, -0.15) is 8.42 Å². The lowest BCUT2D eigenvalue weighted by Gasteiger charge is -2.24. The van der Waals surface area contributed by atoms with Crippen molar-refractivity contribution in [3.63, 3.8) is 0 Å². The fraction of sp³-hybridized carbons (Fsp3) is 0.533. The van der Waals surface area contributed by atoms with E-state index in [4.69, 9.17) is 18.8 Å². The molecule has 10 heteroatoms. The second-order valence-corrected chi connectivity index (χ2v) is 6.45. The number of carbonyl (C=O) groups excluding carboxylic acids is 1. The Hall–Kier alpha value is -1.72. The fourth-order valence-electron chi connectivity index (χ4n) is 2.43. The van der Waals surface area contributed by atoms with Crippen LogP contribution in [0.2, 0.25) is 0 Å². The summed E-state index contributed by atoms with van der Waals surface area (Å²) in [5, 5.41) is 9.45. The number of phenols is 1. The molecule has 1 aliphatic rings. The van der Waals surface area contributed by atoms with Crippen LogP contribution in [0.1, 0.15) is 24.3 Å². The average molecular weight is 376 g/mol. The van der Waals surface area contributed by atoms with Gasteiger partial charge in [0, 0.05) is 18.6 Å². The maximum Gasteiger partial charge on any atom is 0.397 e. The molecule has 0 amide bonds. The topological polar surface area (TPSA) is 129 Å². The van der Waals surface area contributed by atoms with Gasteiger partial charge in [0.15, 0.2) is 0 Å². The van der Waals surface area contributed by atoms with E-state index in [1.54, 1.807) is 12.1 Å². The lowest BCUT2D eigenvalue weighted by atomic mass is 9.90. The van der Waals surface area contributed by atoms with E-state index in [1.807, 2.05) is 0 Å². The first-order valence-corrected chi connectivity index (χ1v) is 9.02. The molecule has 0 aliphatic carbocycles. The van der Waals surface area contributed by atoms with E-state index in [2.05, 4.69) is 4.18 Å². The number of rotatable bonds is 10. The summed E-state index contributed by atoms with van der Waals surface area (Å²) in [7, 11) is -4.43. The van der Waals surface area contributed by atoms with Crippen LogP contribution >= 0.6 is 0 Å². The van der Waals surface area contributed by atoms with Gasteiger partial charge in [-0.05, 0) is 18.1 Å². The number of phenolic OH excluding ortho intramolecular Hbond substituents is 1. The zero-order valence-electron chi connectivity index (χ0n) is 13.4. The summed E-state index contributed by atoms with van der Waals surface area (Å²) in [6.07, 6.45) is 0.864. The molecule has 0 aromatic heterocycles. The van der Waals surface area contributed by atoms with Gasteiger partial charge in [0.1, 0.15) is 11.5 Å². The zero-order valence-corrected chi connectivity index (χ0v) is 14.2. The van der Waals surface area contributed by atoms with Crippen molar-refractivity contribution in [3.8, 4) is 11.5 Å². The molecule has 0 saturated heterocycles. The number of benzene rings is 1. The van der Waals surface area contributed by atoms with Crippen LogP contribution in [0, 0.1) is 0 Å². The van der Waals surface area contributed by atoms with Crippen LogP contribution in [0.5, 0.6) is 11.5 Å². The van der Waals surface area contributed by atoms with Crippen LogP contribution in [0.15, 0.2) is 18.2 Å². The van der Waals surface area contributed by atoms with E-state index in [0.29, 0.717) is 25.4 Å². The predicted octanol–water partition coefficient (Wildman–Crippen LogP) is 1.03. The monoisotopic (exact) mass is 376 g/mol. The maximum atomic E-state index is 11.6. The first kappa shape index (κ1) is 19.6. The molecule has 2 N–H and O–H groups in total. The third-order valence-electron chi connectivity index (χ3n) is 3.52. The van der Waals surface area contributed by atoms with E-state index < -0.39 is 10.4 Å². The molecule has 1 aromatic rings. The van der Waals surface area contributed by atoms with Crippen LogP contribution in [0.3, 0.4) is 0 Å². The number of esters is 1. The standard InChI is InChI=1S/C15H20O9S/c16-12-1-2-13-11(9-15(17)24-14(13)10-12)3-4-21-5-6-22-7-8-23-25(18,19)20/h1-2,10-11,16H,3-9H2,(H,18,19,20). The van der Waals surface area contributed by atoms with Gasteiger partial charge in [-0.15, -0.1) is 0 Å². The molecular formula is C15H20O9S. The van der Waals surface area contributed by atoms with Crippen molar-refractivity contribution in [2.75, 3.05) is 33.0 Å². The number of fused-ring (bicyclic) bond motifs is 1. The first-order valence-electron chi connectivity index (χ1n) is 7.66. The summed E-state index contributed by atoms with van der Waals surface area (Å²) in [6, 6.07) is 4.71. The van der Waals surface area contributed by atoms with E-state index in [1.165, 1.54) is 6.07 Å². The van der Waals surface area contributed by atoms with Gasteiger partial charge in [0.05, 0.1) is 32.8 Å². The Bertz CT molecular complexity index is 686. The second kappa shape index (κ2) is 9.11. The van der Waals surface area contributed by atoms with Gasteiger partial charge in [-0.1, -0.05) is 6.07 Å². The van der Waals surface area contributed by atoms with Crippen LogP contribution in [-0.4, -0.2) is 57.1 Å². The molecule has 1 atom stereocenters. The van der Waals surface area contributed by atoms with Crippen molar-refractivity contribution >= 4 is 16.4 Å². The third kappa shape index (κ3) is 6.96. The van der Waals surface area contributed by atoms with Gasteiger partial charge in [-0.25, -0.2) is 4.18 Å². The minimum atomic E-state index is -4.43. The molecule has 0 fully saturated rings. The minimum absolute atomic E-state index is 0.00842. The molecule has 25 heavy (non-hydrogen) atoms. The largest absolute Gasteiger partial charge is 0.508 e. The molecule has 9 nitrogen and oxygen atoms in total. The Kier molecular flexibility index (Phi) is 7.14. The van der Waals surface area contributed by atoms with Gasteiger partial charge in [-0.3, -0.25) is 9.35 Å². The van der Waals surface area contributed by atoms with E-state index in [0.717, 1.165) is 5.56 Å². The highest BCUT2D eigenvalue weighted by Crippen LogP contribution is 2.38. The number of carbonyl (C=O) groups is 1. The normalized spacial score (nSPS) is 17.2. The van der Waals surface area contributed by atoms with Gasteiger partial charge < -0.3 is 19.3 Å². The molecule has 0 bridgehead atoms. The molecule has 0 spiro atoms. The first-order chi connectivity index (χ1) is 11.8. The van der Waals surface area contributed by atoms with Crippen molar-refractivity contribution in [1.29, 1.82) is 0 Å². The van der Waals surface area contributed by atoms with E-state index in [-0.39, 0.29) is 43.9 Å². The molecule has 0 radical (unpaired) electrons. The van der Waals surface area contributed by atoms with Crippen LogP contribution in [-0.2, 0) is 28.9 Å². The number of ether oxygens (including phenoxy) is 3. The SMILES string of the molecule is O=C1CC(CCOCCOCCOS(=O)(=O)O)c2ccc(O)cc2O1. The predicted molar refractivity (Wildman–Crippen MR) is 84.9 cm³/mol. The lowest BCUT2D eigenvalue weighted by Crippen LogP contribution is -2.21. The number of aromatic hydroxyl groups is 1. The summed E-state index contributed by atoms with van der Waals surface area (Å²) in [4.78, 5) is 11.6. The quantitative estimate of drug-likeness (QED) is 0.266. The molecule has 1 aliphatic heterocycles. The summed E-state index contributed by atoms with van der Waals surface area (Å²) in [5.41, 5.74) is 0.861. The van der Waals surface area contributed by atoms with Gasteiger partial charge in [0.25, 0.3) is 0 Å². The summed E-state index contributed by atoms with van der Waals surface area (Å²) in [5.74, 6) is 0.0354. The fourth-order valence-corrected chi connectivity index (χ4v) is 2.71. The van der Waals surface area contributed by atoms with Crippen molar-refractivity contribution in [2.45, 2.75) is 18.8 Å². The van der Waals surface area contributed by atoms with E-state index in [9.17, 15) is 18.3 Å². The smallest absolute Gasteiger partial charge is 0.397 e. The summed E-state index contributed by atoms with van der Waals surface area (Å²) < 4.78 is 48.6. The highest BCUT2D eigenvalue weighted by atomic mass is 32.3. The van der Waals surface area contributed by atoms with Gasteiger partial charge in [0.2, 0.25) is 0 Å². The highest BCUT2D eigenvalue weighted by Gasteiger charge is 2.27. The summed E-state index contributed by atoms with van der Waals surface area (Å²) >= 11 is 0. The van der Waals surface area contributed by atoms with Crippen molar-refractivity contribution < 1.29 is 41.3 Å². The molecule has 2 rings (SSSR count). The van der Waals surface area contributed by atoms with Crippen LogP contribution in [0.4, 0.5) is 0 Å². The maximum absolute atomic E-state index is 11.6. The average Bonchev–Trinajstić information content (AvgIpc) is 2.51. The molecule has 140 valence electrons. The second-order valence-electron chi connectivity index (χ2n) is 5.36. The minimum Gasteiger partial charge on any atom is -0.508 e. The Labute approximate surface area is 145 Å². The van der Waals surface area contributed by atoms with Gasteiger partial charge >= 0.3 is 16.4 Å². The Morgan fingerprint density at radius 2 is 1.80 bits per heavy atom. The molecule has 1 aromatic carbocycles. The summed E-state index contributed by atoms with van der Waals surface area (Å²) in [6.45, 7) is 0.682. The van der Waals surface area contributed by atoms with E-state index >= 15 is 0 Å². The number of hydrogen-bond donors (Lipinski definition) is 2. The lowest BCUT2D eigenvalue weighted by molar-refractivity contribution is -0.136. The van der Waals surface area contributed by atoms with Crippen LogP contribution in [0.25, 0.3) is 0 Å².